The van der Waals surface area contributed by atoms with E-state index in [9.17, 15) is 0 Å². The number of benzene rings is 2. The quantitative estimate of drug-likeness (QED) is 0.795. The summed E-state index contributed by atoms with van der Waals surface area (Å²) in [4.78, 5) is 0. The third-order valence-corrected chi connectivity index (χ3v) is 4.03. The first kappa shape index (κ1) is 14.3. The summed E-state index contributed by atoms with van der Waals surface area (Å²) >= 11 is 3.55. The van der Waals surface area contributed by atoms with Crippen molar-refractivity contribution in [1.82, 2.24) is 0 Å². The van der Waals surface area contributed by atoms with Gasteiger partial charge in [-0.25, -0.2) is 0 Å². The highest BCUT2D eigenvalue weighted by Gasteiger charge is 2.23. The lowest BCUT2D eigenvalue weighted by Gasteiger charge is -2.26. The lowest BCUT2D eigenvalue weighted by atomic mass is 9.79. The maximum Gasteiger partial charge on any atom is 0.0130 e. The van der Waals surface area contributed by atoms with Crippen LogP contribution in [0.4, 0.5) is 0 Å². The third kappa shape index (κ3) is 3.68. The number of hydrogen-bond donors (Lipinski definition) is 1. The Morgan fingerprint density at radius 1 is 0.842 bits per heavy atom. The molecule has 0 aliphatic carbocycles. The van der Waals surface area contributed by atoms with E-state index in [1.165, 1.54) is 11.1 Å². The molecule has 0 aliphatic rings. The SMILES string of the molecule is NCC(CCBr)C(c1ccccc1)c1ccccc1. The Morgan fingerprint density at radius 3 is 1.68 bits per heavy atom. The average Bonchev–Trinajstić information content (AvgIpc) is 2.49. The van der Waals surface area contributed by atoms with E-state index in [1.54, 1.807) is 0 Å². The van der Waals surface area contributed by atoms with E-state index < -0.39 is 0 Å². The van der Waals surface area contributed by atoms with Crippen molar-refractivity contribution in [2.45, 2.75) is 12.3 Å². The fourth-order valence-corrected chi connectivity index (χ4v) is 3.21. The number of hydrogen-bond acceptors (Lipinski definition) is 1. The topological polar surface area (TPSA) is 26.0 Å². The third-order valence-electron chi connectivity index (χ3n) is 3.57. The Bertz CT molecular complexity index is 430. The summed E-state index contributed by atoms with van der Waals surface area (Å²) in [6, 6.07) is 21.4. The first-order valence-electron chi connectivity index (χ1n) is 6.72. The number of nitrogens with two attached hydrogens (primary N) is 1. The standard InChI is InChI=1S/C17H20BrN/c18-12-11-16(13-19)17(14-7-3-1-4-8-14)15-9-5-2-6-10-15/h1-10,16-17H,11-13,19H2. The summed E-state index contributed by atoms with van der Waals surface area (Å²) in [7, 11) is 0. The molecule has 0 aromatic heterocycles. The Balaban J connectivity index is 2.38. The highest BCUT2D eigenvalue weighted by atomic mass is 79.9. The van der Waals surface area contributed by atoms with Gasteiger partial charge in [0.2, 0.25) is 0 Å². The fraction of sp³-hybridized carbons (Fsp3) is 0.294. The van der Waals surface area contributed by atoms with Gasteiger partial charge in [-0.1, -0.05) is 76.6 Å². The Hall–Kier alpha value is -1.12. The van der Waals surface area contributed by atoms with Crippen molar-refractivity contribution in [2.24, 2.45) is 11.7 Å². The molecule has 2 N–H and O–H groups in total. The predicted octanol–water partition coefficient (Wildman–Crippen LogP) is 4.18. The van der Waals surface area contributed by atoms with Crippen LogP contribution in [-0.2, 0) is 0 Å². The second-order valence-corrected chi connectivity index (χ2v) is 5.57. The minimum Gasteiger partial charge on any atom is -0.330 e. The van der Waals surface area contributed by atoms with Crippen LogP contribution < -0.4 is 5.73 Å². The molecule has 1 atom stereocenters. The van der Waals surface area contributed by atoms with Crippen LogP contribution in [0.5, 0.6) is 0 Å². The average molecular weight is 318 g/mol. The van der Waals surface area contributed by atoms with Crippen molar-refractivity contribution in [1.29, 1.82) is 0 Å². The summed E-state index contributed by atoms with van der Waals surface area (Å²) in [5.41, 5.74) is 8.72. The Labute approximate surface area is 124 Å². The molecule has 19 heavy (non-hydrogen) atoms. The zero-order valence-corrected chi connectivity index (χ0v) is 12.6. The minimum atomic E-state index is 0.380. The van der Waals surface area contributed by atoms with Crippen LogP contribution in [0.3, 0.4) is 0 Å². The van der Waals surface area contributed by atoms with Crippen LogP contribution in [0.25, 0.3) is 0 Å². The van der Waals surface area contributed by atoms with Crippen LogP contribution in [-0.4, -0.2) is 11.9 Å². The molecule has 100 valence electrons. The van der Waals surface area contributed by atoms with Gasteiger partial charge in [0.1, 0.15) is 0 Å². The molecule has 0 amide bonds. The Morgan fingerprint density at radius 2 is 1.32 bits per heavy atom. The second kappa shape index (κ2) is 7.46. The van der Waals surface area contributed by atoms with Gasteiger partial charge in [-0.3, -0.25) is 0 Å². The van der Waals surface area contributed by atoms with Crippen molar-refractivity contribution in [3.63, 3.8) is 0 Å². The van der Waals surface area contributed by atoms with Crippen LogP contribution in [0.15, 0.2) is 60.7 Å². The minimum absolute atomic E-state index is 0.380. The molecule has 2 rings (SSSR count). The first-order valence-corrected chi connectivity index (χ1v) is 7.85. The summed E-state index contributed by atoms with van der Waals surface area (Å²) in [6.07, 6.45) is 1.09. The van der Waals surface area contributed by atoms with Crippen LogP contribution in [0, 0.1) is 5.92 Å². The van der Waals surface area contributed by atoms with Gasteiger partial charge in [0.25, 0.3) is 0 Å². The van der Waals surface area contributed by atoms with Gasteiger partial charge in [-0.05, 0) is 30.0 Å². The maximum atomic E-state index is 6.01. The van der Waals surface area contributed by atoms with Gasteiger partial charge >= 0.3 is 0 Å². The van der Waals surface area contributed by atoms with E-state index in [0.717, 1.165) is 11.8 Å². The lowest BCUT2D eigenvalue weighted by molar-refractivity contribution is 0.467. The van der Waals surface area contributed by atoms with Crippen molar-refractivity contribution in [3.05, 3.63) is 71.8 Å². The molecule has 2 aromatic rings. The van der Waals surface area contributed by atoms with Gasteiger partial charge in [0, 0.05) is 11.2 Å². The summed E-state index contributed by atoms with van der Waals surface area (Å²) in [5.74, 6) is 0.842. The van der Waals surface area contributed by atoms with E-state index >= 15 is 0 Å². The van der Waals surface area contributed by atoms with Gasteiger partial charge in [-0.15, -0.1) is 0 Å². The zero-order valence-electron chi connectivity index (χ0n) is 11.0. The normalized spacial score (nSPS) is 12.6. The van der Waals surface area contributed by atoms with Crippen LogP contribution in [0.2, 0.25) is 0 Å². The summed E-state index contributed by atoms with van der Waals surface area (Å²) < 4.78 is 0. The fourth-order valence-electron chi connectivity index (χ4n) is 2.62. The molecule has 0 bridgehead atoms. The number of alkyl halides is 1. The number of rotatable bonds is 6. The van der Waals surface area contributed by atoms with Gasteiger partial charge in [-0.2, -0.15) is 0 Å². The lowest BCUT2D eigenvalue weighted by Crippen LogP contribution is -2.23. The molecule has 0 fully saturated rings. The number of halogens is 1. The monoisotopic (exact) mass is 317 g/mol. The highest BCUT2D eigenvalue weighted by molar-refractivity contribution is 9.09. The molecule has 0 spiro atoms. The van der Waals surface area contributed by atoms with Crippen molar-refractivity contribution in [2.75, 3.05) is 11.9 Å². The van der Waals surface area contributed by atoms with Gasteiger partial charge in [0.05, 0.1) is 0 Å². The van der Waals surface area contributed by atoms with Crippen molar-refractivity contribution >= 4 is 15.9 Å². The molecular weight excluding hydrogens is 298 g/mol. The molecule has 0 heterocycles. The maximum absolute atomic E-state index is 6.01. The molecule has 0 aliphatic heterocycles. The van der Waals surface area contributed by atoms with E-state index in [2.05, 4.69) is 76.6 Å². The largest absolute Gasteiger partial charge is 0.330 e. The molecule has 2 heteroatoms. The molecule has 1 unspecified atom stereocenters. The van der Waals surface area contributed by atoms with E-state index in [0.29, 0.717) is 18.4 Å². The highest BCUT2D eigenvalue weighted by Crippen LogP contribution is 2.33. The molecule has 1 nitrogen and oxygen atoms in total. The first-order chi connectivity index (χ1) is 9.36. The van der Waals surface area contributed by atoms with Crippen LogP contribution >= 0.6 is 15.9 Å². The zero-order chi connectivity index (χ0) is 13.5. The van der Waals surface area contributed by atoms with E-state index in [4.69, 9.17) is 5.73 Å². The summed E-state index contributed by atoms with van der Waals surface area (Å²) in [5, 5.41) is 0.991. The molecule has 0 radical (unpaired) electrons. The summed E-state index contributed by atoms with van der Waals surface area (Å²) in [6.45, 7) is 0.708. The molecular formula is C17H20BrN. The van der Waals surface area contributed by atoms with Gasteiger partial charge < -0.3 is 5.73 Å². The van der Waals surface area contributed by atoms with Crippen molar-refractivity contribution in [3.8, 4) is 0 Å². The van der Waals surface area contributed by atoms with Crippen molar-refractivity contribution < 1.29 is 0 Å². The molecule has 2 aromatic carbocycles. The predicted molar refractivity (Wildman–Crippen MR) is 85.7 cm³/mol. The molecule has 0 saturated carbocycles. The Kier molecular flexibility index (Phi) is 5.62. The van der Waals surface area contributed by atoms with E-state index in [-0.39, 0.29) is 0 Å². The van der Waals surface area contributed by atoms with E-state index in [1.807, 2.05) is 0 Å². The smallest absolute Gasteiger partial charge is 0.0130 e. The van der Waals surface area contributed by atoms with Gasteiger partial charge in [0.15, 0.2) is 0 Å². The molecule has 0 saturated heterocycles. The second-order valence-electron chi connectivity index (χ2n) is 4.77. The van der Waals surface area contributed by atoms with Crippen LogP contribution in [0.1, 0.15) is 23.5 Å².